The summed E-state index contributed by atoms with van der Waals surface area (Å²) in [6.45, 7) is 1.68. The fraction of sp³-hybridized carbons (Fsp3) is 0.133. The van der Waals surface area contributed by atoms with Gasteiger partial charge in [-0.25, -0.2) is 0 Å². The number of hydrogen-bond acceptors (Lipinski definition) is 3. The van der Waals surface area contributed by atoms with Crippen LogP contribution >= 0.6 is 15.9 Å². The fourth-order valence-electron chi connectivity index (χ4n) is 1.89. The summed E-state index contributed by atoms with van der Waals surface area (Å²) in [6, 6.07) is 11.6. The predicted octanol–water partition coefficient (Wildman–Crippen LogP) is 4.05. The molecule has 0 aliphatic rings. The number of nitrogens with zero attached hydrogens (tertiary/aromatic N) is 1. The number of carbonyl (C=O) groups is 1. The van der Waals surface area contributed by atoms with Gasteiger partial charge in [0.1, 0.15) is 0 Å². The summed E-state index contributed by atoms with van der Waals surface area (Å²) in [5.74, 6) is -0.283. The summed E-state index contributed by atoms with van der Waals surface area (Å²) < 4.78 is 0. The molecule has 0 radical (unpaired) electrons. The zero-order valence-corrected chi connectivity index (χ0v) is 12.9. The molecule has 6 heteroatoms. The summed E-state index contributed by atoms with van der Waals surface area (Å²) in [5, 5.41) is 14.2. The number of nitro benzene ring substituents is 1. The number of amides is 1. The number of hydrogen-bond donors (Lipinski definition) is 1. The number of carbonyl (C=O) groups excluding carboxylic acids is 1. The van der Waals surface area contributed by atoms with Crippen LogP contribution in [0.4, 0.5) is 11.4 Å². The summed E-state index contributed by atoms with van der Waals surface area (Å²) in [7, 11) is 0. The van der Waals surface area contributed by atoms with Gasteiger partial charge in [0.15, 0.2) is 0 Å². The van der Waals surface area contributed by atoms with Crippen LogP contribution in [0.1, 0.15) is 21.5 Å². The molecule has 108 valence electrons. The zero-order chi connectivity index (χ0) is 15.4. The number of benzene rings is 2. The number of halogens is 1. The van der Waals surface area contributed by atoms with E-state index >= 15 is 0 Å². The Morgan fingerprint density at radius 1 is 1.24 bits per heavy atom. The van der Waals surface area contributed by atoms with E-state index in [1.165, 1.54) is 18.2 Å². The highest BCUT2D eigenvalue weighted by Crippen LogP contribution is 2.19. The van der Waals surface area contributed by atoms with Crippen molar-refractivity contribution in [3.63, 3.8) is 0 Å². The Morgan fingerprint density at radius 2 is 1.90 bits per heavy atom. The van der Waals surface area contributed by atoms with Crippen molar-refractivity contribution in [2.45, 2.75) is 12.3 Å². The first-order valence-corrected chi connectivity index (χ1v) is 7.34. The second kappa shape index (κ2) is 6.49. The molecular formula is C15H13BrN2O3. The van der Waals surface area contributed by atoms with Gasteiger partial charge >= 0.3 is 0 Å². The number of aryl methyl sites for hydroxylation is 1. The molecule has 0 spiro atoms. The molecule has 0 bridgehead atoms. The molecule has 0 saturated heterocycles. The van der Waals surface area contributed by atoms with E-state index in [4.69, 9.17) is 0 Å². The molecule has 2 aromatic carbocycles. The van der Waals surface area contributed by atoms with E-state index < -0.39 is 4.92 Å². The van der Waals surface area contributed by atoms with Crippen LogP contribution in [-0.2, 0) is 5.33 Å². The summed E-state index contributed by atoms with van der Waals surface area (Å²) in [6.07, 6.45) is 0. The lowest BCUT2D eigenvalue weighted by atomic mass is 10.1. The highest BCUT2D eigenvalue weighted by Gasteiger charge is 2.13. The van der Waals surface area contributed by atoms with Gasteiger partial charge in [-0.1, -0.05) is 28.1 Å². The molecule has 5 nitrogen and oxygen atoms in total. The van der Waals surface area contributed by atoms with E-state index in [0.717, 1.165) is 10.9 Å². The number of alkyl halides is 1. The van der Waals surface area contributed by atoms with Gasteiger partial charge in [0.05, 0.1) is 4.92 Å². The Kier molecular flexibility index (Phi) is 4.70. The third kappa shape index (κ3) is 3.66. The highest BCUT2D eigenvalue weighted by atomic mass is 79.9. The molecular weight excluding hydrogens is 336 g/mol. The lowest BCUT2D eigenvalue weighted by molar-refractivity contribution is -0.384. The lowest BCUT2D eigenvalue weighted by Crippen LogP contribution is -2.13. The van der Waals surface area contributed by atoms with E-state index in [1.54, 1.807) is 6.92 Å². The molecule has 0 fully saturated rings. The van der Waals surface area contributed by atoms with Gasteiger partial charge in [-0.3, -0.25) is 14.9 Å². The number of nitrogens with one attached hydrogen (secondary N) is 1. The Labute approximate surface area is 130 Å². The molecule has 0 aliphatic carbocycles. The van der Waals surface area contributed by atoms with Gasteiger partial charge in [-0.05, 0) is 36.2 Å². The number of anilines is 1. The van der Waals surface area contributed by atoms with Crippen LogP contribution in [0.15, 0.2) is 42.5 Å². The van der Waals surface area contributed by atoms with Crippen LogP contribution in [0.25, 0.3) is 0 Å². The summed E-state index contributed by atoms with van der Waals surface area (Å²) in [4.78, 5) is 22.4. The minimum absolute atomic E-state index is 0.0225. The van der Waals surface area contributed by atoms with Crippen LogP contribution in [0.2, 0.25) is 0 Å². The Hall–Kier alpha value is -2.21. The van der Waals surface area contributed by atoms with Crippen LogP contribution in [0, 0.1) is 17.0 Å². The largest absolute Gasteiger partial charge is 0.322 e. The number of non-ortho nitro benzene ring substituents is 1. The standard InChI is InChI=1S/C15H13BrN2O3/c1-10-8-13(18(20)21)6-7-14(10)15(19)17-12-4-2-11(9-16)3-5-12/h2-8H,9H2,1H3,(H,17,19). The smallest absolute Gasteiger partial charge is 0.269 e. The maximum atomic E-state index is 12.2. The Morgan fingerprint density at radius 3 is 2.43 bits per heavy atom. The van der Waals surface area contributed by atoms with Gasteiger partial charge < -0.3 is 5.32 Å². The molecule has 0 unspecified atom stereocenters. The minimum Gasteiger partial charge on any atom is -0.322 e. The molecule has 21 heavy (non-hydrogen) atoms. The monoisotopic (exact) mass is 348 g/mol. The van der Waals surface area contributed by atoms with Crippen molar-refractivity contribution in [1.29, 1.82) is 0 Å². The number of nitro groups is 1. The third-order valence-electron chi connectivity index (χ3n) is 3.03. The maximum absolute atomic E-state index is 12.2. The normalized spacial score (nSPS) is 10.2. The average Bonchev–Trinajstić information content (AvgIpc) is 2.47. The van der Waals surface area contributed by atoms with Crippen molar-refractivity contribution in [3.05, 3.63) is 69.3 Å². The van der Waals surface area contributed by atoms with Gasteiger partial charge in [-0.15, -0.1) is 0 Å². The van der Waals surface area contributed by atoms with Gasteiger partial charge in [0.25, 0.3) is 11.6 Å². The van der Waals surface area contributed by atoms with Crippen molar-refractivity contribution >= 4 is 33.2 Å². The van der Waals surface area contributed by atoms with Crippen molar-refractivity contribution < 1.29 is 9.72 Å². The second-order valence-electron chi connectivity index (χ2n) is 4.54. The molecule has 0 heterocycles. The van der Waals surface area contributed by atoms with Gasteiger partial charge in [0.2, 0.25) is 0 Å². The van der Waals surface area contributed by atoms with Gasteiger partial charge in [-0.2, -0.15) is 0 Å². The average molecular weight is 349 g/mol. The first-order chi connectivity index (χ1) is 10.0. The molecule has 2 aromatic rings. The molecule has 1 N–H and O–H groups in total. The third-order valence-corrected chi connectivity index (χ3v) is 3.68. The van der Waals surface area contributed by atoms with Crippen molar-refractivity contribution in [1.82, 2.24) is 0 Å². The Bertz CT molecular complexity index is 684. The van der Waals surface area contributed by atoms with Crippen molar-refractivity contribution in [2.75, 3.05) is 5.32 Å². The second-order valence-corrected chi connectivity index (χ2v) is 5.10. The quantitative estimate of drug-likeness (QED) is 0.514. The first-order valence-electron chi connectivity index (χ1n) is 6.22. The Balaban J connectivity index is 2.17. The highest BCUT2D eigenvalue weighted by molar-refractivity contribution is 9.08. The van der Waals surface area contributed by atoms with Gasteiger partial charge in [0, 0.05) is 28.7 Å². The summed E-state index contributed by atoms with van der Waals surface area (Å²) >= 11 is 3.36. The van der Waals surface area contributed by atoms with Crippen LogP contribution in [0.5, 0.6) is 0 Å². The zero-order valence-electron chi connectivity index (χ0n) is 11.3. The molecule has 0 aromatic heterocycles. The van der Waals surface area contributed by atoms with E-state index in [0.29, 0.717) is 16.8 Å². The molecule has 0 aliphatic heterocycles. The van der Waals surface area contributed by atoms with Crippen molar-refractivity contribution in [2.24, 2.45) is 0 Å². The van der Waals surface area contributed by atoms with Crippen LogP contribution in [-0.4, -0.2) is 10.8 Å². The predicted molar refractivity (Wildman–Crippen MR) is 84.9 cm³/mol. The molecule has 0 atom stereocenters. The topological polar surface area (TPSA) is 72.2 Å². The van der Waals surface area contributed by atoms with E-state index in [1.807, 2.05) is 24.3 Å². The van der Waals surface area contributed by atoms with E-state index in [9.17, 15) is 14.9 Å². The molecule has 1 amide bonds. The first kappa shape index (κ1) is 15.2. The maximum Gasteiger partial charge on any atom is 0.269 e. The van der Waals surface area contributed by atoms with E-state index in [2.05, 4.69) is 21.2 Å². The summed E-state index contributed by atoms with van der Waals surface area (Å²) in [5.41, 5.74) is 2.76. The lowest BCUT2D eigenvalue weighted by Gasteiger charge is -2.08. The minimum atomic E-state index is -0.478. The van der Waals surface area contributed by atoms with E-state index in [-0.39, 0.29) is 11.6 Å². The molecule has 0 saturated carbocycles. The van der Waals surface area contributed by atoms with Crippen LogP contribution < -0.4 is 5.32 Å². The fourth-order valence-corrected chi connectivity index (χ4v) is 2.27. The van der Waals surface area contributed by atoms with Crippen molar-refractivity contribution in [3.8, 4) is 0 Å². The molecule has 2 rings (SSSR count). The SMILES string of the molecule is Cc1cc([N+](=O)[O-])ccc1C(=O)Nc1ccc(CBr)cc1. The van der Waals surface area contributed by atoms with Crippen LogP contribution in [0.3, 0.4) is 0 Å². The number of rotatable bonds is 4.